The number of alkyl halides is 3. The molecule has 0 saturated carbocycles. The van der Waals surface area contributed by atoms with Crippen molar-refractivity contribution in [3.63, 3.8) is 0 Å². The van der Waals surface area contributed by atoms with Crippen molar-refractivity contribution in [2.45, 2.75) is 56.6 Å². The number of nitrogens with one attached hydrogen (secondary N) is 2. The van der Waals surface area contributed by atoms with Crippen LogP contribution in [0.15, 0.2) is 46.1 Å². The molecule has 10 heteroatoms. The number of phenolic OH excluding ortho intramolecular Hbond substituents is 1. The number of aromatic amines is 1. The Bertz CT molecular complexity index is 1290. The number of aromatic hydroxyl groups is 1. The number of H-pyrrole nitrogens is 1. The van der Waals surface area contributed by atoms with Crippen LogP contribution in [0.2, 0.25) is 5.02 Å². The lowest BCUT2D eigenvalue weighted by Gasteiger charge is -2.16. The van der Waals surface area contributed by atoms with Gasteiger partial charge in [0.15, 0.2) is 0 Å². The van der Waals surface area contributed by atoms with Gasteiger partial charge in [-0.15, -0.1) is 11.8 Å². The van der Waals surface area contributed by atoms with E-state index in [0.29, 0.717) is 6.54 Å². The number of hydrogen-bond acceptors (Lipinski definition) is 5. The Morgan fingerprint density at radius 2 is 1.97 bits per heavy atom. The smallest absolute Gasteiger partial charge is 0.416 e. The second-order valence-electron chi connectivity index (χ2n) is 8.65. The third kappa shape index (κ3) is 7.05. The molecule has 0 aliphatic rings. The van der Waals surface area contributed by atoms with Crippen molar-refractivity contribution in [2.24, 2.45) is 0 Å². The van der Waals surface area contributed by atoms with Gasteiger partial charge in [-0.25, -0.2) is 0 Å². The van der Waals surface area contributed by atoms with Crippen molar-refractivity contribution in [3.8, 4) is 16.9 Å². The SMILES string of the molecule is CCCCC(C)NCCC(=O)CSc1c(-c2cc(Cl)ccc2O)c2cc(C(F)(F)F)ccc2[nH]c1=O. The van der Waals surface area contributed by atoms with E-state index in [9.17, 15) is 27.9 Å². The normalized spacial score (nSPS) is 12.7. The highest BCUT2D eigenvalue weighted by Gasteiger charge is 2.31. The summed E-state index contributed by atoms with van der Waals surface area (Å²) in [6, 6.07) is 7.40. The largest absolute Gasteiger partial charge is 0.507 e. The number of phenols is 1. The first-order valence-electron chi connectivity index (χ1n) is 11.6. The van der Waals surface area contributed by atoms with Gasteiger partial charge in [-0.1, -0.05) is 31.4 Å². The van der Waals surface area contributed by atoms with E-state index in [-0.39, 0.29) is 61.7 Å². The number of halogens is 4. The minimum atomic E-state index is -4.61. The average molecular weight is 541 g/mol. The fourth-order valence-corrected chi connectivity index (χ4v) is 5.03. The number of rotatable bonds is 11. The third-order valence-corrected chi connectivity index (χ3v) is 7.17. The zero-order chi connectivity index (χ0) is 26.5. The standard InChI is InChI=1S/C26H28ClF3N2O3S/c1-3-4-5-15(2)31-11-10-18(33)14-36-24-23(20-13-17(27)7-9-22(20)34)19-12-16(26(28,29)30)6-8-21(19)32-25(24)35/h6-9,12-13,15,31,34H,3-5,10-11,14H2,1-2H3,(H,32,35). The molecule has 0 bridgehead atoms. The number of unbranched alkanes of at least 4 members (excludes halogenated alkanes) is 1. The van der Waals surface area contributed by atoms with Gasteiger partial charge in [0, 0.05) is 46.1 Å². The topological polar surface area (TPSA) is 82.2 Å². The van der Waals surface area contributed by atoms with Crippen molar-refractivity contribution < 1.29 is 23.1 Å². The Hall–Kier alpha value is -2.49. The molecule has 0 amide bonds. The molecule has 3 N–H and O–H groups in total. The van der Waals surface area contributed by atoms with Gasteiger partial charge in [0.1, 0.15) is 11.5 Å². The minimum Gasteiger partial charge on any atom is -0.507 e. The summed E-state index contributed by atoms with van der Waals surface area (Å²) in [6.07, 6.45) is -1.15. The molecular formula is C26H28ClF3N2O3S. The fraction of sp³-hybridized carbons (Fsp3) is 0.385. The molecule has 5 nitrogen and oxygen atoms in total. The zero-order valence-corrected chi connectivity index (χ0v) is 21.5. The van der Waals surface area contributed by atoms with Gasteiger partial charge < -0.3 is 15.4 Å². The lowest BCUT2D eigenvalue weighted by atomic mass is 9.98. The highest BCUT2D eigenvalue weighted by molar-refractivity contribution is 8.00. The molecule has 0 spiro atoms. The van der Waals surface area contributed by atoms with E-state index in [0.717, 1.165) is 43.2 Å². The summed E-state index contributed by atoms with van der Waals surface area (Å²) in [5.74, 6) is -0.408. The van der Waals surface area contributed by atoms with Crippen molar-refractivity contribution in [1.82, 2.24) is 10.3 Å². The molecule has 194 valence electrons. The maximum absolute atomic E-state index is 13.5. The Morgan fingerprint density at radius 1 is 1.22 bits per heavy atom. The first kappa shape index (κ1) is 28.1. The Kier molecular flexibility index (Phi) is 9.49. The summed E-state index contributed by atoms with van der Waals surface area (Å²) in [6.45, 7) is 4.67. The molecule has 1 heterocycles. The molecule has 3 aromatic rings. The summed E-state index contributed by atoms with van der Waals surface area (Å²) in [7, 11) is 0. The molecule has 0 fully saturated rings. The third-order valence-electron chi connectivity index (χ3n) is 5.79. The van der Waals surface area contributed by atoms with E-state index in [1.165, 1.54) is 24.3 Å². The Morgan fingerprint density at radius 3 is 2.67 bits per heavy atom. The quantitative estimate of drug-likeness (QED) is 0.233. The molecule has 0 radical (unpaired) electrons. The van der Waals surface area contributed by atoms with Gasteiger partial charge in [0.05, 0.1) is 16.2 Å². The van der Waals surface area contributed by atoms with E-state index < -0.39 is 17.3 Å². The van der Waals surface area contributed by atoms with Gasteiger partial charge in [0.2, 0.25) is 0 Å². The predicted octanol–water partition coefficient (Wildman–Crippen LogP) is 6.79. The predicted molar refractivity (Wildman–Crippen MR) is 139 cm³/mol. The van der Waals surface area contributed by atoms with E-state index in [2.05, 4.69) is 24.1 Å². The van der Waals surface area contributed by atoms with Crippen LogP contribution in [0.25, 0.3) is 22.0 Å². The maximum Gasteiger partial charge on any atom is 0.416 e. The number of hydrogen-bond donors (Lipinski definition) is 3. The zero-order valence-electron chi connectivity index (χ0n) is 20.0. The van der Waals surface area contributed by atoms with Gasteiger partial charge in [-0.3, -0.25) is 9.59 Å². The van der Waals surface area contributed by atoms with Crippen LogP contribution < -0.4 is 10.9 Å². The summed E-state index contributed by atoms with van der Waals surface area (Å²) >= 11 is 7.05. The van der Waals surface area contributed by atoms with E-state index in [1.807, 2.05) is 0 Å². The molecule has 3 rings (SSSR count). The fourth-order valence-electron chi connectivity index (χ4n) is 3.86. The lowest BCUT2D eigenvalue weighted by molar-refractivity contribution is -0.137. The summed E-state index contributed by atoms with van der Waals surface area (Å²) in [5.41, 5.74) is -1.09. The van der Waals surface area contributed by atoms with Crippen LogP contribution in [0.1, 0.15) is 45.1 Å². The Balaban J connectivity index is 1.96. The van der Waals surface area contributed by atoms with Gasteiger partial charge in [-0.2, -0.15) is 13.2 Å². The van der Waals surface area contributed by atoms with Crippen LogP contribution in [0.3, 0.4) is 0 Å². The van der Waals surface area contributed by atoms with Gasteiger partial charge in [-0.05, 0) is 49.7 Å². The molecule has 1 aromatic heterocycles. The second-order valence-corrected chi connectivity index (χ2v) is 10.1. The number of thioether (sulfide) groups is 1. The first-order chi connectivity index (χ1) is 17.0. The molecule has 0 saturated heterocycles. The van der Waals surface area contributed by atoms with E-state index in [1.54, 1.807) is 0 Å². The van der Waals surface area contributed by atoms with Crippen LogP contribution in [-0.2, 0) is 11.0 Å². The summed E-state index contributed by atoms with van der Waals surface area (Å²) in [4.78, 5) is 28.2. The molecule has 36 heavy (non-hydrogen) atoms. The monoisotopic (exact) mass is 540 g/mol. The molecule has 0 aliphatic heterocycles. The van der Waals surface area contributed by atoms with E-state index in [4.69, 9.17) is 11.6 Å². The summed E-state index contributed by atoms with van der Waals surface area (Å²) < 4.78 is 40.4. The highest BCUT2D eigenvalue weighted by atomic mass is 35.5. The molecule has 1 atom stereocenters. The Labute approximate surface area is 216 Å². The number of benzene rings is 2. The average Bonchev–Trinajstić information content (AvgIpc) is 2.81. The number of ketones is 1. The van der Waals surface area contributed by atoms with Crippen LogP contribution >= 0.6 is 23.4 Å². The number of pyridine rings is 1. The second kappa shape index (κ2) is 12.2. The van der Waals surface area contributed by atoms with Crippen LogP contribution in [0.4, 0.5) is 13.2 Å². The maximum atomic E-state index is 13.5. The summed E-state index contributed by atoms with van der Waals surface area (Å²) in [5, 5.41) is 14.1. The highest BCUT2D eigenvalue weighted by Crippen LogP contribution is 2.42. The van der Waals surface area contributed by atoms with Crippen LogP contribution in [-0.4, -0.2) is 34.2 Å². The molecule has 1 unspecified atom stereocenters. The first-order valence-corrected chi connectivity index (χ1v) is 13.0. The van der Waals surface area contributed by atoms with Gasteiger partial charge in [0.25, 0.3) is 5.56 Å². The number of aromatic nitrogens is 1. The van der Waals surface area contributed by atoms with Crippen LogP contribution in [0, 0.1) is 0 Å². The van der Waals surface area contributed by atoms with Crippen molar-refractivity contribution in [2.75, 3.05) is 12.3 Å². The van der Waals surface area contributed by atoms with Crippen molar-refractivity contribution in [1.29, 1.82) is 0 Å². The van der Waals surface area contributed by atoms with E-state index >= 15 is 0 Å². The van der Waals surface area contributed by atoms with Gasteiger partial charge >= 0.3 is 6.18 Å². The minimum absolute atomic E-state index is 0.0389. The molecule has 2 aromatic carbocycles. The van der Waals surface area contributed by atoms with Crippen molar-refractivity contribution >= 4 is 40.0 Å². The number of carbonyl (C=O) groups is 1. The van der Waals surface area contributed by atoms with Crippen molar-refractivity contribution in [3.05, 3.63) is 57.3 Å². The van der Waals surface area contributed by atoms with Crippen LogP contribution in [0.5, 0.6) is 5.75 Å². The number of Topliss-reactive ketones (excluding diaryl/α,β-unsaturated/α-hetero) is 1. The molecule has 0 aliphatic carbocycles. The lowest BCUT2D eigenvalue weighted by Crippen LogP contribution is -2.28. The number of fused-ring (bicyclic) bond motifs is 1. The molecular weight excluding hydrogens is 513 g/mol. The number of carbonyl (C=O) groups excluding carboxylic acids is 1.